The summed E-state index contributed by atoms with van der Waals surface area (Å²) in [5.74, 6) is 0.848. The smallest absolute Gasteiger partial charge is 0.191 e. The molecular weight excluding hydrogens is 355 g/mol. The van der Waals surface area contributed by atoms with Gasteiger partial charge in [0.25, 0.3) is 0 Å². The summed E-state index contributed by atoms with van der Waals surface area (Å²) in [6, 6.07) is 0.624. The van der Waals surface area contributed by atoms with Crippen LogP contribution in [0.3, 0.4) is 0 Å². The van der Waals surface area contributed by atoms with Crippen molar-refractivity contribution in [2.24, 2.45) is 4.99 Å². The third-order valence-electron chi connectivity index (χ3n) is 3.63. The molecule has 0 aromatic carbocycles. The van der Waals surface area contributed by atoms with Gasteiger partial charge in [0.15, 0.2) is 5.96 Å². The summed E-state index contributed by atoms with van der Waals surface area (Å²) in [5.41, 5.74) is -0.179. The molecule has 5 nitrogen and oxygen atoms in total. The lowest BCUT2D eigenvalue weighted by Gasteiger charge is -2.25. The van der Waals surface area contributed by atoms with Crippen molar-refractivity contribution in [1.29, 1.82) is 0 Å². The Labute approximate surface area is 134 Å². The molecule has 1 aliphatic heterocycles. The van der Waals surface area contributed by atoms with Crippen molar-refractivity contribution >= 4 is 29.9 Å². The minimum Gasteiger partial charge on any atom is -0.377 e. The number of ether oxygens (including phenoxy) is 1. The first kappa shape index (κ1) is 18.9. The van der Waals surface area contributed by atoms with Crippen LogP contribution in [0.5, 0.6) is 0 Å². The first-order valence-corrected chi connectivity index (χ1v) is 6.68. The Morgan fingerprint density at radius 3 is 2.58 bits per heavy atom. The lowest BCUT2D eigenvalue weighted by Crippen LogP contribution is -2.48. The lowest BCUT2D eigenvalue weighted by atomic mass is 10.1. The van der Waals surface area contributed by atoms with Gasteiger partial charge in [-0.15, -0.1) is 24.0 Å². The molecule has 0 amide bonds. The average molecular weight is 384 g/mol. The Kier molecular flexibility index (Phi) is 8.93. The Morgan fingerprint density at radius 1 is 1.42 bits per heavy atom. The number of guanidine groups is 1. The Balaban J connectivity index is 0.00000324. The predicted molar refractivity (Wildman–Crippen MR) is 91.5 cm³/mol. The van der Waals surface area contributed by atoms with Gasteiger partial charge >= 0.3 is 0 Å². The fourth-order valence-electron chi connectivity index (χ4n) is 2.04. The molecule has 1 unspecified atom stereocenters. The quantitative estimate of drug-likeness (QED) is 0.426. The number of aliphatic imine (C=N–C) groups is 1. The van der Waals surface area contributed by atoms with Crippen molar-refractivity contribution in [1.82, 2.24) is 15.5 Å². The highest BCUT2D eigenvalue weighted by atomic mass is 127. The van der Waals surface area contributed by atoms with Crippen LogP contribution in [-0.4, -0.2) is 63.3 Å². The number of nitrogens with one attached hydrogen (secondary N) is 2. The van der Waals surface area contributed by atoms with E-state index >= 15 is 0 Å². The average Bonchev–Trinajstić information content (AvgIpc) is 2.75. The molecule has 0 aliphatic carbocycles. The molecule has 1 saturated heterocycles. The molecule has 6 heteroatoms. The zero-order valence-electron chi connectivity index (χ0n) is 12.8. The third-order valence-corrected chi connectivity index (χ3v) is 3.63. The van der Waals surface area contributed by atoms with Gasteiger partial charge in [-0.3, -0.25) is 4.99 Å². The Morgan fingerprint density at radius 2 is 2.11 bits per heavy atom. The molecule has 1 heterocycles. The maximum Gasteiger partial charge on any atom is 0.191 e. The second-order valence-electron chi connectivity index (χ2n) is 5.55. The molecule has 1 rings (SSSR count). The summed E-state index contributed by atoms with van der Waals surface area (Å²) in [5, 5.41) is 6.67. The third kappa shape index (κ3) is 6.76. The highest BCUT2D eigenvalue weighted by molar-refractivity contribution is 14.0. The van der Waals surface area contributed by atoms with E-state index in [0.717, 1.165) is 19.0 Å². The number of hydrogen-bond acceptors (Lipinski definition) is 3. The van der Waals surface area contributed by atoms with Crippen molar-refractivity contribution in [3.63, 3.8) is 0 Å². The van der Waals surface area contributed by atoms with Gasteiger partial charge in [0.1, 0.15) is 0 Å². The van der Waals surface area contributed by atoms with E-state index in [2.05, 4.69) is 41.4 Å². The zero-order chi connectivity index (χ0) is 13.6. The largest absolute Gasteiger partial charge is 0.377 e. The van der Waals surface area contributed by atoms with Gasteiger partial charge < -0.3 is 20.3 Å². The number of likely N-dealkylation sites (tertiary alicyclic amines) is 1. The lowest BCUT2D eigenvalue weighted by molar-refractivity contribution is 0.0268. The summed E-state index contributed by atoms with van der Waals surface area (Å²) < 4.78 is 5.37. The van der Waals surface area contributed by atoms with Gasteiger partial charge in [-0.2, -0.15) is 0 Å². The summed E-state index contributed by atoms with van der Waals surface area (Å²) in [7, 11) is 5.71. The number of nitrogens with zero attached hydrogens (tertiary/aromatic N) is 2. The van der Waals surface area contributed by atoms with E-state index in [4.69, 9.17) is 4.74 Å². The number of halogens is 1. The zero-order valence-corrected chi connectivity index (χ0v) is 15.2. The molecule has 1 aliphatic rings. The van der Waals surface area contributed by atoms with Crippen molar-refractivity contribution in [3.05, 3.63) is 0 Å². The van der Waals surface area contributed by atoms with E-state index in [1.165, 1.54) is 19.4 Å². The predicted octanol–water partition coefficient (Wildman–Crippen LogP) is 1.29. The van der Waals surface area contributed by atoms with Crippen LogP contribution in [-0.2, 0) is 4.74 Å². The van der Waals surface area contributed by atoms with E-state index in [-0.39, 0.29) is 29.6 Å². The van der Waals surface area contributed by atoms with Crippen molar-refractivity contribution in [2.45, 2.75) is 38.3 Å². The fraction of sp³-hybridized carbons (Fsp3) is 0.923. The molecule has 19 heavy (non-hydrogen) atoms. The van der Waals surface area contributed by atoms with Gasteiger partial charge in [0.2, 0.25) is 0 Å². The molecule has 0 radical (unpaired) electrons. The maximum absolute atomic E-state index is 5.37. The molecule has 0 aromatic heterocycles. The van der Waals surface area contributed by atoms with E-state index in [9.17, 15) is 0 Å². The minimum atomic E-state index is -0.179. The molecule has 0 spiro atoms. The monoisotopic (exact) mass is 384 g/mol. The standard InChI is InChI=1S/C13H28N4O.HI/c1-13(2,18-5)10-16-12(14-3)15-9-11-7-6-8-17(11)4;/h11H,6-10H2,1-5H3,(H2,14,15,16);1H. The highest BCUT2D eigenvalue weighted by Crippen LogP contribution is 2.13. The van der Waals surface area contributed by atoms with Gasteiger partial charge in [-0.1, -0.05) is 0 Å². The van der Waals surface area contributed by atoms with Crippen LogP contribution in [0, 0.1) is 0 Å². The normalized spacial score (nSPS) is 21.1. The second kappa shape index (κ2) is 8.97. The van der Waals surface area contributed by atoms with E-state index < -0.39 is 0 Å². The van der Waals surface area contributed by atoms with E-state index in [1.54, 1.807) is 14.2 Å². The summed E-state index contributed by atoms with van der Waals surface area (Å²) >= 11 is 0. The van der Waals surface area contributed by atoms with Crippen LogP contribution in [0.4, 0.5) is 0 Å². The summed E-state index contributed by atoms with van der Waals surface area (Å²) in [6.45, 7) is 7.00. The first-order valence-electron chi connectivity index (χ1n) is 6.68. The summed E-state index contributed by atoms with van der Waals surface area (Å²) in [6.07, 6.45) is 2.57. The molecule has 1 fully saturated rings. The van der Waals surface area contributed by atoms with Gasteiger partial charge in [0, 0.05) is 33.3 Å². The first-order chi connectivity index (χ1) is 8.48. The van der Waals surface area contributed by atoms with E-state index in [0.29, 0.717) is 6.04 Å². The molecule has 2 N–H and O–H groups in total. The van der Waals surface area contributed by atoms with Gasteiger partial charge in [0.05, 0.1) is 5.60 Å². The van der Waals surface area contributed by atoms with Gasteiger partial charge in [-0.05, 0) is 40.3 Å². The van der Waals surface area contributed by atoms with Crippen LogP contribution in [0.1, 0.15) is 26.7 Å². The number of hydrogen-bond donors (Lipinski definition) is 2. The molecule has 0 saturated carbocycles. The SMILES string of the molecule is CN=C(NCC1CCCN1C)NCC(C)(C)OC.I. The topological polar surface area (TPSA) is 48.9 Å². The molecule has 0 bridgehead atoms. The van der Waals surface area contributed by atoms with Crippen LogP contribution >= 0.6 is 24.0 Å². The fourth-order valence-corrected chi connectivity index (χ4v) is 2.04. The highest BCUT2D eigenvalue weighted by Gasteiger charge is 2.21. The van der Waals surface area contributed by atoms with Crippen LogP contribution in [0.25, 0.3) is 0 Å². The minimum absolute atomic E-state index is 0. The molecular formula is C13H29IN4O. The summed E-state index contributed by atoms with van der Waals surface area (Å²) in [4.78, 5) is 6.63. The van der Waals surface area contributed by atoms with Crippen molar-refractivity contribution in [3.8, 4) is 0 Å². The van der Waals surface area contributed by atoms with E-state index in [1.807, 2.05) is 0 Å². The van der Waals surface area contributed by atoms with Crippen LogP contribution in [0.15, 0.2) is 4.99 Å². The maximum atomic E-state index is 5.37. The molecule has 1 atom stereocenters. The Bertz CT molecular complexity index is 284. The Hall–Kier alpha value is -0.0800. The molecule has 0 aromatic rings. The van der Waals surface area contributed by atoms with Crippen molar-refractivity contribution in [2.75, 3.05) is 40.8 Å². The van der Waals surface area contributed by atoms with Crippen molar-refractivity contribution < 1.29 is 4.74 Å². The van der Waals surface area contributed by atoms with Crippen LogP contribution in [0.2, 0.25) is 0 Å². The number of methoxy groups -OCH3 is 1. The number of likely N-dealkylation sites (N-methyl/N-ethyl adjacent to an activating group) is 1. The molecule has 114 valence electrons. The van der Waals surface area contributed by atoms with Crippen LogP contribution < -0.4 is 10.6 Å². The number of rotatable bonds is 5. The van der Waals surface area contributed by atoms with Gasteiger partial charge in [-0.25, -0.2) is 0 Å². The second-order valence-corrected chi connectivity index (χ2v) is 5.55.